The van der Waals surface area contributed by atoms with Crippen molar-refractivity contribution < 1.29 is 0 Å². The molecule has 0 radical (unpaired) electrons. The van der Waals surface area contributed by atoms with Crippen LogP contribution in [0.5, 0.6) is 0 Å². The molecule has 1 aliphatic heterocycles. The first-order valence-electron chi connectivity index (χ1n) is 7.34. The van der Waals surface area contributed by atoms with Crippen LogP contribution in [0.15, 0.2) is 0 Å². The highest BCUT2D eigenvalue weighted by Crippen LogP contribution is 2.30. The molecule has 1 fully saturated rings. The summed E-state index contributed by atoms with van der Waals surface area (Å²) in [6, 6.07) is 1.47. The van der Waals surface area contributed by atoms with Crippen LogP contribution in [0.25, 0.3) is 0 Å². The molecule has 0 bridgehead atoms. The number of hydrogen-bond donors (Lipinski definition) is 1. The smallest absolute Gasteiger partial charge is 0.00939 e. The third-order valence-electron chi connectivity index (χ3n) is 4.68. The lowest BCUT2D eigenvalue weighted by Crippen LogP contribution is -2.50. The molecule has 1 aliphatic rings. The maximum Gasteiger partial charge on any atom is 0.00939 e. The van der Waals surface area contributed by atoms with Gasteiger partial charge in [-0.05, 0) is 44.2 Å². The molecule has 0 aromatic carbocycles. The molecule has 0 aromatic heterocycles. The Labute approximate surface area is 108 Å². The summed E-state index contributed by atoms with van der Waals surface area (Å²) in [7, 11) is 0. The van der Waals surface area contributed by atoms with E-state index in [1.165, 1.54) is 25.9 Å². The van der Waals surface area contributed by atoms with E-state index in [2.05, 4.69) is 51.8 Å². The van der Waals surface area contributed by atoms with Gasteiger partial charge in [-0.2, -0.15) is 0 Å². The van der Waals surface area contributed by atoms with Crippen molar-refractivity contribution in [1.82, 2.24) is 10.2 Å². The second kappa shape index (κ2) is 6.19. The van der Waals surface area contributed by atoms with Crippen LogP contribution in [0.1, 0.15) is 54.4 Å². The first-order chi connectivity index (χ1) is 7.86. The zero-order chi connectivity index (χ0) is 13.1. The number of hydrogen-bond acceptors (Lipinski definition) is 2. The van der Waals surface area contributed by atoms with Crippen LogP contribution in [0, 0.1) is 11.3 Å². The highest BCUT2D eigenvalue weighted by atomic mass is 15.2. The molecule has 0 spiro atoms. The van der Waals surface area contributed by atoms with Gasteiger partial charge in [-0.3, -0.25) is 0 Å². The van der Waals surface area contributed by atoms with Crippen LogP contribution in [-0.2, 0) is 0 Å². The maximum atomic E-state index is 3.59. The van der Waals surface area contributed by atoms with Crippen LogP contribution >= 0.6 is 0 Å². The molecule has 0 amide bonds. The van der Waals surface area contributed by atoms with Crippen molar-refractivity contribution in [3.8, 4) is 0 Å². The summed E-state index contributed by atoms with van der Waals surface area (Å²) in [6.07, 6.45) is 2.62. The normalized spacial score (nSPS) is 27.7. The lowest BCUT2D eigenvalue weighted by Gasteiger charge is -2.43. The Morgan fingerprint density at radius 3 is 2.47 bits per heavy atom. The fourth-order valence-corrected chi connectivity index (χ4v) is 2.64. The van der Waals surface area contributed by atoms with Crippen molar-refractivity contribution in [3.05, 3.63) is 0 Å². The van der Waals surface area contributed by atoms with Gasteiger partial charge in [0.1, 0.15) is 0 Å². The van der Waals surface area contributed by atoms with Gasteiger partial charge in [0.05, 0.1) is 0 Å². The average Bonchev–Trinajstić information content (AvgIpc) is 2.22. The second-order valence-corrected chi connectivity index (χ2v) is 6.74. The van der Waals surface area contributed by atoms with Crippen LogP contribution in [0.3, 0.4) is 0 Å². The lowest BCUT2D eigenvalue weighted by atomic mass is 9.80. The van der Waals surface area contributed by atoms with Crippen molar-refractivity contribution >= 4 is 0 Å². The molecule has 2 heteroatoms. The molecular weight excluding hydrogens is 208 g/mol. The topological polar surface area (TPSA) is 15.3 Å². The van der Waals surface area contributed by atoms with E-state index in [1.54, 1.807) is 0 Å². The fourth-order valence-electron chi connectivity index (χ4n) is 2.64. The molecule has 17 heavy (non-hydrogen) atoms. The summed E-state index contributed by atoms with van der Waals surface area (Å²) >= 11 is 0. The molecular formula is C15H32N2. The summed E-state index contributed by atoms with van der Waals surface area (Å²) in [5.74, 6) is 0.751. The molecule has 0 aliphatic carbocycles. The standard InChI is InChI=1S/C15H32N2/c1-7-16-14-8-9-17(13(4)10-14)11-15(5,6)12(2)3/h12-14,16H,7-11H2,1-6H3. The Balaban J connectivity index is 2.47. The molecule has 1 N–H and O–H groups in total. The van der Waals surface area contributed by atoms with Gasteiger partial charge in [-0.25, -0.2) is 0 Å². The summed E-state index contributed by atoms with van der Waals surface area (Å²) in [4.78, 5) is 2.69. The molecule has 1 heterocycles. The number of rotatable bonds is 5. The molecule has 2 atom stereocenters. The van der Waals surface area contributed by atoms with Gasteiger partial charge in [-0.15, -0.1) is 0 Å². The zero-order valence-electron chi connectivity index (χ0n) is 12.7. The van der Waals surface area contributed by atoms with Crippen molar-refractivity contribution in [2.45, 2.75) is 66.5 Å². The van der Waals surface area contributed by atoms with E-state index in [0.29, 0.717) is 5.41 Å². The second-order valence-electron chi connectivity index (χ2n) is 6.74. The van der Waals surface area contributed by atoms with E-state index in [-0.39, 0.29) is 0 Å². The third-order valence-corrected chi connectivity index (χ3v) is 4.68. The Bertz CT molecular complexity index is 223. The maximum absolute atomic E-state index is 3.59. The Morgan fingerprint density at radius 2 is 2.00 bits per heavy atom. The summed E-state index contributed by atoms with van der Waals surface area (Å²) < 4.78 is 0. The molecule has 1 saturated heterocycles. The average molecular weight is 240 g/mol. The molecule has 0 saturated carbocycles. The SMILES string of the molecule is CCNC1CCN(CC(C)(C)C(C)C)C(C)C1. The predicted molar refractivity (Wildman–Crippen MR) is 76.4 cm³/mol. The minimum Gasteiger partial charge on any atom is -0.314 e. The van der Waals surface area contributed by atoms with E-state index >= 15 is 0 Å². The van der Waals surface area contributed by atoms with Crippen LogP contribution in [0.4, 0.5) is 0 Å². The van der Waals surface area contributed by atoms with Gasteiger partial charge >= 0.3 is 0 Å². The molecule has 102 valence electrons. The monoisotopic (exact) mass is 240 g/mol. The summed E-state index contributed by atoms with van der Waals surface area (Å²) in [6.45, 7) is 17.7. The minimum atomic E-state index is 0.430. The fraction of sp³-hybridized carbons (Fsp3) is 1.00. The van der Waals surface area contributed by atoms with Crippen LogP contribution in [0.2, 0.25) is 0 Å². The highest BCUT2D eigenvalue weighted by Gasteiger charge is 2.31. The number of nitrogens with one attached hydrogen (secondary N) is 1. The van der Waals surface area contributed by atoms with Gasteiger partial charge < -0.3 is 10.2 Å². The Kier molecular flexibility index (Phi) is 5.46. The number of piperidine rings is 1. The van der Waals surface area contributed by atoms with Crippen LogP contribution < -0.4 is 5.32 Å². The first kappa shape index (κ1) is 15.0. The van der Waals surface area contributed by atoms with Crippen molar-refractivity contribution in [3.63, 3.8) is 0 Å². The van der Waals surface area contributed by atoms with Crippen LogP contribution in [-0.4, -0.2) is 36.6 Å². The van der Waals surface area contributed by atoms with E-state index in [0.717, 1.165) is 24.5 Å². The molecule has 1 rings (SSSR count). The molecule has 2 nitrogen and oxygen atoms in total. The zero-order valence-corrected chi connectivity index (χ0v) is 12.7. The minimum absolute atomic E-state index is 0.430. The summed E-state index contributed by atoms with van der Waals surface area (Å²) in [5.41, 5.74) is 0.430. The van der Waals surface area contributed by atoms with Gasteiger partial charge in [0.25, 0.3) is 0 Å². The van der Waals surface area contributed by atoms with Gasteiger partial charge in [0, 0.05) is 18.6 Å². The van der Waals surface area contributed by atoms with Crippen molar-refractivity contribution in [1.29, 1.82) is 0 Å². The quantitative estimate of drug-likeness (QED) is 0.794. The lowest BCUT2D eigenvalue weighted by molar-refractivity contribution is 0.0691. The largest absolute Gasteiger partial charge is 0.314 e. The van der Waals surface area contributed by atoms with Crippen molar-refractivity contribution in [2.24, 2.45) is 11.3 Å². The van der Waals surface area contributed by atoms with Gasteiger partial charge in [-0.1, -0.05) is 34.6 Å². The van der Waals surface area contributed by atoms with E-state index in [4.69, 9.17) is 0 Å². The third kappa shape index (κ3) is 4.26. The first-order valence-corrected chi connectivity index (χ1v) is 7.34. The number of nitrogens with zero attached hydrogens (tertiary/aromatic N) is 1. The number of likely N-dealkylation sites (tertiary alicyclic amines) is 1. The van der Waals surface area contributed by atoms with E-state index < -0.39 is 0 Å². The van der Waals surface area contributed by atoms with Crippen molar-refractivity contribution in [2.75, 3.05) is 19.6 Å². The van der Waals surface area contributed by atoms with Gasteiger partial charge in [0.15, 0.2) is 0 Å². The summed E-state index contributed by atoms with van der Waals surface area (Å²) in [5, 5.41) is 3.59. The molecule has 0 aromatic rings. The highest BCUT2D eigenvalue weighted by molar-refractivity contribution is 4.86. The van der Waals surface area contributed by atoms with E-state index in [9.17, 15) is 0 Å². The van der Waals surface area contributed by atoms with E-state index in [1.807, 2.05) is 0 Å². The molecule has 2 unspecified atom stereocenters. The van der Waals surface area contributed by atoms with Gasteiger partial charge in [0.2, 0.25) is 0 Å². The predicted octanol–water partition coefficient (Wildman–Crippen LogP) is 3.13. The Hall–Kier alpha value is -0.0800. The Morgan fingerprint density at radius 1 is 1.35 bits per heavy atom.